The van der Waals surface area contributed by atoms with Gasteiger partial charge in [0, 0.05) is 11.8 Å². The molecule has 0 aromatic carbocycles. The lowest BCUT2D eigenvalue weighted by Gasteiger charge is -1.95. The molecule has 0 atom stereocenters. The van der Waals surface area contributed by atoms with Crippen LogP contribution in [-0.4, -0.2) is 18.6 Å². The van der Waals surface area contributed by atoms with Crippen molar-refractivity contribution in [1.29, 1.82) is 0 Å². The zero-order chi connectivity index (χ0) is 11.4. The summed E-state index contributed by atoms with van der Waals surface area (Å²) in [5.41, 5.74) is 1.11. The number of aromatic nitrogens is 1. The van der Waals surface area contributed by atoms with Crippen molar-refractivity contribution >= 4 is 38.6 Å². The molecule has 0 fully saturated rings. The number of nitrogens with one attached hydrogen (secondary N) is 1. The molecule has 0 saturated carbocycles. The summed E-state index contributed by atoms with van der Waals surface area (Å²) in [7, 11) is 1.98. The molecule has 86 valence electrons. The lowest BCUT2D eigenvalue weighted by molar-refractivity contribution is 0.722. The maximum absolute atomic E-state index is 4.65. The fourth-order valence-corrected chi connectivity index (χ4v) is 3.67. The Hall–Kier alpha value is -0.230. The first-order valence-corrected chi connectivity index (χ1v) is 7.63. The summed E-state index contributed by atoms with van der Waals surface area (Å²) in [6.45, 7) is 1.06. The van der Waals surface area contributed by atoms with Crippen LogP contribution in [0.3, 0.4) is 0 Å². The molecule has 16 heavy (non-hydrogen) atoms. The van der Waals surface area contributed by atoms with Crippen molar-refractivity contribution in [2.24, 2.45) is 0 Å². The average Bonchev–Trinajstić information content (AvgIpc) is 2.87. The molecule has 2 nitrogen and oxygen atoms in total. The van der Waals surface area contributed by atoms with E-state index in [1.54, 1.807) is 22.7 Å². The molecule has 2 aromatic rings. The van der Waals surface area contributed by atoms with Crippen molar-refractivity contribution in [2.45, 2.75) is 12.8 Å². The Morgan fingerprint density at radius 3 is 3.00 bits per heavy atom. The van der Waals surface area contributed by atoms with Crippen LogP contribution in [0.4, 0.5) is 0 Å². The van der Waals surface area contributed by atoms with Gasteiger partial charge in [-0.25, -0.2) is 4.98 Å². The van der Waals surface area contributed by atoms with E-state index in [0.717, 1.165) is 28.9 Å². The number of nitrogens with zero attached hydrogens (tertiary/aromatic N) is 1. The number of rotatable bonds is 5. The standard InChI is InChI=1S/C11H13BrN2S2/c1-13-6-2-3-11-14-8(7-15-11)9-4-5-10(12)16-9/h4-5,7,13H,2-3,6H2,1H3. The average molecular weight is 317 g/mol. The molecule has 0 saturated heterocycles. The summed E-state index contributed by atoms with van der Waals surface area (Å²) in [5.74, 6) is 0. The molecule has 0 radical (unpaired) electrons. The zero-order valence-corrected chi connectivity index (χ0v) is 12.2. The van der Waals surface area contributed by atoms with Crippen LogP contribution in [0.1, 0.15) is 11.4 Å². The van der Waals surface area contributed by atoms with Crippen LogP contribution in [0.25, 0.3) is 10.6 Å². The first-order valence-electron chi connectivity index (χ1n) is 5.14. The third kappa shape index (κ3) is 3.13. The van der Waals surface area contributed by atoms with Crippen LogP contribution in [-0.2, 0) is 6.42 Å². The molecule has 0 spiro atoms. The van der Waals surface area contributed by atoms with Gasteiger partial charge in [0.15, 0.2) is 0 Å². The first-order chi connectivity index (χ1) is 7.79. The van der Waals surface area contributed by atoms with Gasteiger partial charge in [-0.05, 0) is 48.1 Å². The third-order valence-electron chi connectivity index (χ3n) is 2.19. The largest absolute Gasteiger partial charge is 0.320 e. The summed E-state index contributed by atoms with van der Waals surface area (Å²) in [5, 5.41) is 6.53. The van der Waals surface area contributed by atoms with Gasteiger partial charge in [0.05, 0.1) is 19.4 Å². The monoisotopic (exact) mass is 316 g/mol. The first kappa shape index (κ1) is 12.2. The Balaban J connectivity index is 2.02. The molecule has 2 heterocycles. The Labute approximate surface area is 112 Å². The van der Waals surface area contributed by atoms with Crippen LogP contribution in [0.5, 0.6) is 0 Å². The Bertz CT molecular complexity index is 450. The third-order valence-corrected chi connectivity index (χ3v) is 4.75. The normalized spacial score (nSPS) is 10.9. The number of hydrogen-bond acceptors (Lipinski definition) is 4. The van der Waals surface area contributed by atoms with Crippen molar-refractivity contribution < 1.29 is 0 Å². The highest BCUT2D eigenvalue weighted by molar-refractivity contribution is 9.11. The van der Waals surface area contributed by atoms with E-state index in [1.807, 2.05) is 7.05 Å². The van der Waals surface area contributed by atoms with Gasteiger partial charge in [0.1, 0.15) is 0 Å². The zero-order valence-electron chi connectivity index (χ0n) is 9.00. The SMILES string of the molecule is CNCCCc1nc(-c2ccc(Br)s2)cs1. The summed E-state index contributed by atoms with van der Waals surface area (Å²) in [6.07, 6.45) is 2.22. The Morgan fingerprint density at radius 1 is 1.44 bits per heavy atom. The van der Waals surface area contributed by atoms with Crippen LogP contribution < -0.4 is 5.32 Å². The molecule has 0 aliphatic heterocycles. The quantitative estimate of drug-likeness (QED) is 0.849. The van der Waals surface area contributed by atoms with E-state index >= 15 is 0 Å². The van der Waals surface area contributed by atoms with Crippen LogP contribution in [0, 0.1) is 0 Å². The fraction of sp³-hybridized carbons (Fsp3) is 0.364. The van der Waals surface area contributed by atoms with E-state index in [4.69, 9.17) is 0 Å². The van der Waals surface area contributed by atoms with Gasteiger partial charge in [-0.1, -0.05) is 0 Å². The second kappa shape index (κ2) is 5.91. The minimum atomic E-state index is 1.06. The van der Waals surface area contributed by atoms with E-state index in [2.05, 4.69) is 43.7 Å². The number of thiazole rings is 1. The lowest BCUT2D eigenvalue weighted by atomic mass is 10.3. The van der Waals surface area contributed by atoms with E-state index in [-0.39, 0.29) is 0 Å². The molecular weight excluding hydrogens is 304 g/mol. The van der Waals surface area contributed by atoms with Crippen LogP contribution in [0.2, 0.25) is 0 Å². The van der Waals surface area contributed by atoms with Crippen molar-refractivity contribution in [1.82, 2.24) is 10.3 Å². The lowest BCUT2D eigenvalue weighted by Crippen LogP contribution is -2.08. The van der Waals surface area contributed by atoms with Crippen molar-refractivity contribution in [2.75, 3.05) is 13.6 Å². The van der Waals surface area contributed by atoms with Crippen LogP contribution in [0.15, 0.2) is 21.3 Å². The molecule has 0 aliphatic carbocycles. The molecule has 5 heteroatoms. The Morgan fingerprint density at radius 2 is 2.31 bits per heavy atom. The molecule has 0 aliphatic rings. The topological polar surface area (TPSA) is 24.9 Å². The predicted molar refractivity (Wildman–Crippen MR) is 75.4 cm³/mol. The van der Waals surface area contributed by atoms with E-state index in [0.29, 0.717) is 0 Å². The summed E-state index contributed by atoms with van der Waals surface area (Å²) in [4.78, 5) is 5.88. The summed E-state index contributed by atoms with van der Waals surface area (Å²) >= 11 is 6.96. The molecule has 0 unspecified atom stereocenters. The van der Waals surface area contributed by atoms with Crippen molar-refractivity contribution in [3.8, 4) is 10.6 Å². The number of aryl methyl sites for hydroxylation is 1. The van der Waals surface area contributed by atoms with Gasteiger partial charge >= 0.3 is 0 Å². The van der Waals surface area contributed by atoms with E-state index in [1.165, 1.54) is 9.88 Å². The molecule has 2 aromatic heterocycles. The molecule has 0 bridgehead atoms. The fourth-order valence-electron chi connectivity index (χ4n) is 1.41. The van der Waals surface area contributed by atoms with Gasteiger partial charge in [0.2, 0.25) is 0 Å². The van der Waals surface area contributed by atoms with Gasteiger partial charge in [-0.15, -0.1) is 22.7 Å². The maximum atomic E-state index is 4.65. The number of halogens is 1. The maximum Gasteiger partial charge on any atom is 0.0933 e. The number of thiophene rings is 1. The van der Waals surface area contributed by atoms with Crippen molar-refractivity contribution in [3.63, 3.8) is 0 Å². The molecule has 0 amide bonds. The summed E-state index contributed by atoms with van der Waals surface area (Å²) < 4.78 is 1.16. The van der Waals surface area contributed by atoms with Crippen molar-refractivity contribution in [3.05, 3.63) is 26.3 Å². The smallest absolute Gasteiger partial charge is 0.0933 e. The minimum Gasteiger partial charge on any atom is -0.320 e. The van der Waals surface area contributed by atoms with Gasteiger partial charge < -0.3 is 5.32 Å². The summed E-state index contributed by atoms with van der Waals surface area (Å²) in [6, 6.07) is 4.18. The second-order valence-electron chi connectivity index (χ2n) is 3.44. The van der Waals surface area contributed by atoms with Crippen LogP contribution >= 0.6 is 38.6 Å². The molecular formula is C11H13BrN2S2. The second-order valence-corrected chi connectivity index (χ2v) is 6.84. The predicted octanol–water partition coefficient (Wildman–Crippen LogP) is 3.79. The highest BCUT2D eigenvalue weighted by Gasteiger charge is 2.06. The molecule has 2 rings (SSSR count). The van der Waals surface area contributed by atoms with E-state index < -0.39 is 0 Å². The highest BCUT2D eigenvalue weighted by Crippen LogP contribution is 2.31. The van der Waals surface area contributed by atoms with Gasteiger partial charge in [-0.2, -0.15) is 0 Å². The van der Waals surface area contributed by atoms with Gasteiger partial charge in [-0.3, -0.25) is 0 Å². The molecule has 1 N–H and O–H groups in total. The van der Waals surface area contributed by atoms with E-state index in [9.17, 15) is 0 Å². The van der Waals surface area contributed by atoms with Gasteiger partial charge in [0.25, 0.3) is 0 Å². The Kier molecular flexibility index (Phi) is 4.52. The minimum absolute atomic E-state index is 1.06. The number of hydrogen-bond donors (Lipinski definition) is 1. The highest BCUT2D eigenvalue weighted by atomic mass is 79.9.